The van der Waals surface area contributed by atoms with Crippen LogP contribution in [0.4, 0.5) is 20.2 Å². The van der Waals surface area contributed by atoms with Crippen LogP contribution in [0.5, 0.6) is 0 Å². The lowest BCUT2D eigenvalue weighted by Gasteiger charge is -2.30. The van der Waals surface area contributed by atoms with Gasteiger partial charge in [-0.2, -0.15) is 0 Å². The van der Waals surface area contributed by atoms with E-state index in [0.29, 0.717) is 62.5 Å². The average Bonchev–Trinajstić information content (AvgIpc) is 3.23. The van der Waals surface area contributed by atoms with E-state index in [4.69, 9.17) is 0 Å². The molecule has 0 saturated carbocycles. The molecule has 3 aromatic rings. The van der Waals surface area contributed by atoms with Crippen LogP contribution in [0.25, 0.3) is 0 Å². The Balaban J connectivity index is 1.39. The van der Waals surface area contributed by atoms with E-state index < -0.39 is 17.5 Å². The monoisotopic (exact) mass is 546 g/mol. The Morgan fingerprint density at radius 3 is 2.17 bits per heavy atom. The SMILES string of the molecule is O=C(Nc1ccc(N2CCCN(C(=O)c3cccc(F)c3)CC2)c(C(=O)N2CCCCC2)c1)c1ccccc1F. The van der Waals surface area contributed by atoms with Crippen LogP contribution in [-0.2, 0) is 0 Å². The molecule has 2 saturated heterocycles. The number of amides is 3. The van der Waals surface area contributed by atoms with Crippen molar-refractivity contribution in [2.75, 3.05) is 49.5 Å². The largest absolute Gasteiger partial charge is 0.369 e. The first-order valence-corrected chi connectivity index (χ1v) is 13.7. The Hall–Kier alpha value is -4.27. The topological polar surface area (TPSA) is 73.0 Å². The number of benzene rings is 3. The molecule has 0 radical (unpaired) electrons. The van der Waals surface area contributed by atoms with E-state index in [1.165, 1.54) is 36.4 Å². The van der Waals surface area contributed by atoms with Gasteiger partial charge in [0.15, 0.2) is 0 Å². The molecule has 9 heteroatoms. The zero-order chi connectivity index (χ0) is 28.1. The number of halogens is 2. The third-order valence-corrected chi connectivity index (χ3v) is 7.44. The second kappa shape index (κ2) is 12.3. The zero-order valence-corrected chi connectivity index (χ0v) is 22.2. The van der Waals surface area contributed by atoms with Gasteiger partial charge in [-0.1, -0.05) is 18.2 Å². The number of hydrogen-bond acceptors (Lipinski definition) is 4. The molecule has 7 nitrogen and oxygen atoms in total. The first kappa shape index (κ1) is 27.3. The van der Waals surface area contributed by atoms with Crippen molar-refractivity contribution >= 4 is 29.1 Å². The number of nitrogens with zero attached hydrogens (tertiary/aromatic N) is 3. The number of nitrogens with one attached hydrogen (secondary N) is 1. The highest BCUT2D eigenvalue weighted by Crippen LogP contribution is 2.29. The van der Waals surface area contributed by atoms with Gasteiger partial charge in [0.2, 0.25) is 0 Å². The van der Waals surface area contributed by atoms with Crippen molar-refractivity contribution in [1.29, 1.82) is 0 Å². The molecule has 3 aromatic carbocycles. The lowest BCUT2D eigenvalue weighted by atomic mass is 10.1. The molecule has 0 atom stereocenters. The van der Waals surface area contributed by atoms with Crippen LogP contribution in [0.3, 0.4) is 0 Å². The number of carbonyl (C=O) groups is 3. The summed E-state index contributed by atoms with van der Waals surface area (Å²) in [5.41, 5.74) is 1.81. The van der Waals surface area contributed by atoms with E-state index >= 15 is 0 Å². The summed E-state index contributed by atoms with van der Waals surface area (Å²) < 4.78 is 27.9. The molecule has 3 amide bonds. The molecular formula is C31H32F2N4O3. The van der Waals surface area contributed by atoms with Gasteiger partial charge < -0.3 is 20.0 Å². The number of anilines is 2. The molecule has 0 spiro atoms. The molecule has 0 bridgehead atoms. The Bertz CT molecular complexity index is 1410. The van der Waals surface area contributed by atoms with Gasteiger partial charge in [0, 0.05) is 56.2 Å². The number of carbonyl (C=O) groups excluding carboxylic acids is 3. The van der Waals surface area contributed by atoms with E-state index in [1.807, 2.05) is 4.90 Å². The zero-order valence-electron chi connectivity index (χ0n) is 22.2. The van der Waals surface area contributed by atoms with Gasteiger partial charge in [-0.15, -0.1) is 0 Å². The normalized spacial score (nSPS) is 15.9. The summed E-state index contributed by atoms with van der Waals surface area (Å²) in [5, 5.41) is 2.73. The first-order chi connectivity index (χ1) is 19.4. The van der Waals surface area contributed by atoms with E-state index in [0.717, 1.165) is 24.9 Å². The summed E-state index contributed by atoms with van der Waals surface area (Å²) in [6, 6.07) is 16.6. The van der Waals surface area contributed by atoms with E-state index in [2.05, 4.69) is 10.2 Å². The van der Waals surface area contributed by atoms with Gasteiger partial charge in [-0.25, -0.2) is 8.78 Å². The summed E-state index contributed by atoms with van der Waals surface area (Å²) >= 11 is 0. The lowest BCUT2D eigenvalue weighted by molar-refractivity contribution is 0.0723. The summed E-state index contributed by atoms with van der Waals surface area (Å²) in [7, 11) is 0. The van der Waals surface area contributed by atoms with Crippen molar-refractivity contribution in [2.24, 2.45) is 0 Å². The van der Waals surface area contributed by atoms with Gasteiger partial charge in [0.1, 0.15) is 11.6 Å². The fourth-order valence-corrected chi connectivity index (χ4v) is 5.34. The summed E-state index contributed by atoms with van der Waals surface area (Å²) in [4.78, 5) is 45.2. The molecule has 2 aliphatic rings. The number of rotatable bonds is 5. The molecule has 2 heterocycles. The van der Waals surface area contributed by atoms with Crippen molar-refractivity contribution in [3.8, 4) is 0 Å². The third kappa shape index (κ3) is 6.14. The number of piperidine rings is 1. The van der Waals surface area contributed by atoms with Crippen molar-refractivity contribution in [3.05, 3.63) is 95.1 Å². The molecule has 0 aromatic heterocycles. The summed E-state index contributed by atoms with van der Waals surface area (Å²) in [6.45, 7) is 3.37. The van der Waals surface area contributed by atoms with E-state index in [-0.39, 0.29) is 17.4 Å². The van der Waals surface area contributed by atoms with Crippen molar-refractivity contribution in [1.82, 2.24) is 9.80 Å². The maximum atomic E-state index is 14.2. The van der Waals surface area contributed by atoms with E-state index in [1.54, 1.807) is 35.2 Å². The minimum Gasteiger partial charge on any atom is -0.369 e. The van der Waals surface area contributed by atoms with Gasteiger partial charge in [-0.3, -0.25) is 14.4 Å². The second-order valence-corrected chi connectivity index (χ2v) is 10.2. The van der Waals surface area contributed by atoms with Crippen molar-refractivity contribution < 1.29 is 23.2 Å². The van der Waals surface area contributed by atoms with Crippen molar-refractivity contribution in [2.45, 2.75) is 25.7 Å². The quantitative estimate of drug-likeness (QED) is 0.478. The number of hydrogen-bond donors (Lipinski definition) is 1. The molecule has 0 aliphatic carbocycles. The average molecular weight is 547 g/mol. The predicted octanol–water partition coefficient (Wildman–Crippen LogP) is 5.20. The van der Waals surface area contributed by atoms with Gasteiger partial charge in [0.25, 0.3) is 17.7 Å². The number of likely N-dealkylation sites (tertiary alicyclic amines) is 1. The molecule has 40 heavy (non-hydrogen) atoms. The minimum absolute atomic E-state index is 0.0777. The van der Waals surface area contributed by atoms with Crippen LogP contribution in [0, 0.1) is 11.6 Å². The van der Waals surface area contributed by atoms with Crippen LogP contribution in [0.15, 0.2) is 66.7 Å². The minimum atomic E-state index is -0.622. The smallest absolute Gasteiger partial charge is 0.258 e. The van der Waals surface area contributed by atoms with E-state index in [9.17, 15) is 23.2 Å². The summed E-state index contributed by atoms with van der Waals surface area (Å²) in [6.07, 6.45) is 3.62. The summed E-state index contributed by atoms with van der Waals surface area (Å²) in [5.74, 6) is -2.01. The van der Waals surface area contributed by atoms with Crippen LogP contribution in [0.1, 0.15) is 56.8 Å². The Labute approximate surface area is 232 Å². The molecular weight excluding hydrogens is 514 g/mol. The van der Waals surface area contributed by atoms with Crippen LogP contribution in [0.2, 0.25) is 0 Å². The Morgan fingerprint density at radius 1 is 0.650 bits per heavy atom. The van der Waals surface area contributed by atoms with Crippen molar-refractivity contribution in [3.63, 3.8) is 0 Å². The maximum absolute atomic E-state index is 14.2. The van der Waals surface area contributed by atoms with Gasteiger partial charge >= 0.3 is 0 Å². The molecule has 2 aliphatic heterocycles. The molecule has 5 rings (SSSR count). The van der Waals surface area contributed by atoms with Gasteiger partial charge in [-0.05, 0) is 74.2 Å². The second-order valence-electron chi connectivity index (χ2n) is 10.2. The Morgan fingerprint density at radius 2 is 1.40 bits per heavy atom. The maximum Gasteiger partial charge on any atom is 0.258 e. The first-order valence-electron chi connectivity index (χ1n) is 13.7. The molecule has 2 fully saturated rings. The molecule has 1 N–H and O–H groups in total. The third-order valence-electron chi connectivity index (χ3n) is 7.44. The standard InChI is InChI=1S/C31H32F2N4O3/c32-23-9-6-8-22(20-23)30(39)37-17-7-16-35(18-19-37)28-13-12-24(34-29(38)25-10-2-3-11-27(25)33)21-26(28)31(40)36-14-4-1-5-15-36/h2-3,6,8-13,20-21H,1,4-5,7,14-19H2,(H,34,38). The van der Waals surface area contributed by atoms with Crippen LogP contribution in [-0.4, -0.2) is 66.8 Å². The van der Waals surface area contributed by atoms with Gasteiger partial charge in [0.05, 0.1) is 11.1 Å². The highest BCUT2D eigenvalue weighted by Gasteiger charge is 2.27. The fraction of sp³-hybridized carbons (Fsp3) is 0.323. The fourth-order valence-electron chi connectivity index (χ4n) is 5.34. The molecule has 208 valence electrons. The molecule has 0 unspecified atom stereocenters. The highest BCUT2D eigenvalue weighted by molar-refractivity contribution is 6.06. The predicted molar refractivity (Wildman–Crippen MR) is 150 cm³/mol. The lowest BCUT2D eigenvalue weighted by Crippen LogP contribution is -2.38. The Kier molecular flexibility index (Phi) is 8.38. The highest BCUT2D eigenvalue weighted by atomic mass is 19.1. The van der Waals surface area contributed by atoms with Crippen LogP contribution < -0.4 is 10.2 Å². The van der Waals surface area contributed by atoms with Crippen LogP contribution >= 0.6 is 0 Å².